The molecule has 0 saturated heterocycles. The monoisotopic (exact) mass is 455 g/mol. The molecule has 0 spiro atoms. The summed E-state index contributed by atoms with van der Waals surface area (Å²) in [6.07, 6.45) is -4.58. The number of fused-ring (bicyclic) bond motifs is 1. The standard InChI is InChI=1S/C20H20F3N3O2S2/c1-4-26-18(28)16-14(9-10-29-16)25-19(26)30-15(11(2)3)17(27)24-13-8-6-5-7-12(13)20(21,22)23/h5-11,15H,4H2,1-3H3,(H,24,27). The molecule has 3 aromatic rings. The van der Waals surface area contributed by atoms with Crippen LogP contribution in [0.2, 0.25) is 0 Å². The fourth-order valence-corrected chi connectivity index (χ4v) is 4.88. The van der Waals surface area contributed by atoms with Crippen LogP contribution >= 0.6 is 23.1 Å². The van der Waals surface area contributed by atoms with Crippen molar-refractivity contribution in [2.45, 2.75) is 43.9 Å². The molecule has 160 valence electrons. The number of anilines is 1. The number of halogens is 3. The third-order valence-electron chi connectivity index (χ3n) is 4.43. The van der Waals surface area contributed by atoms with Crippen molar-refractivity contribution in [1.29, 1.82) is 0 Å². The molecule has 0 aliphatic carbocycles. The molecule has 1 atom stereocenters. The largest absolute Gasteiger partial charge is 0.418 e. The van der Waals surface area contributed by atoms with Crippen LogP contribution < -0.4 is 10.9 Å². The number of alkyl halides is 3. The zero-order chi connectivity index (χ0) is 22.1. The highest BCUT2D eigenvalue weighted by molar-refractivity contribution is 8.00. The first-order valence-electron chi connectivity index (χ1n) is 9.25. The first kappa shape index (κ1) is 22.4. The first-order chi connectivity index (χ1) is 14.1. The Labute approximate surface area is 179 Å². The minimum Gasteiger partial charge on any atom is -0.325 e. The number of aromatic nitrogens is 2. The number of amides is 1. The van der Waals surface area contributed by atoms with E-state index < -0.39 is 22.9 Å². The molecule has 0 saturated carbocycles. The van der Waals surface area contributed by atoms with Crippen LogP contribution in [0.15, 0.2) is 45.7 Å². The van der Waals surface area contributed by atoms with Crippen LogP contribution in [0.3, 0.4) is 0 Å². The zero-order valence-electron chi connectivity index (χ0n) is 16.5. The summed E-state index contributed by atoms with van der Waals surface area (Å²) < 4.78 is 41.8. The van der Waals surface area contributed by atoms with E-state index in [1.165, 1.54) is 34.1 Å². The van der Waals surface area contributed by atoms with E-state index in [0.717, 1.165) is 17.8 Å². The van der Waals surface area contributed by atoms with Crippen molar-refractivity contribution in [1.82, 2.24) is 9.55 Å². The number of para-hydroxylation sites is 1. The smallest absolute Gasteiger partial charge is 0.325 e. The minimum absolute atomic E-state index is 0.190. The Morgan fingerprint density at radius 3 is 2.60 bits per heavy atom. The molecule has 1 amide bonds. The normalized spacial score (nSPS) is 13.0. The maximum Gasteiger partial charge on any atom is 0.418 e. The van der Waals surface area contributed by atoms with E-state index in [4.69, 9.17) is 0 Å². The van der Waals surface area contributed by atoms with Gasteiger partial charge in [0.05, 0.1) is 22.0 Å². The van der Waals surface area contributed by atoms with Crippen molar-refractivity contribution in [3.63, 3.8) is 0 Å². The number of rotatable bonds is 6. The fraction of sp³-hybridized carbons (Fsp3) is 0.350. The molecule has 1 aromatic carbocycles. The number of hydrogen-bond donors (Lipinski definition) is 1. The molecule has 0 bridgehead atoms. The summed E-state index contributed by atoms with van der Waals surface area (Å²) in [5, 5.41) is 3.81. The van der Waals surface area contributed by atoms with Crippen molar-refractivity contribution in [2.75, 3.05) is 5.32 Å². The summed E-state index contributed by atoms with van der Waals surface area (Å²) in [4.78, 5) is 30.1. The third kappa shape index (κ3) is 4.54. The van der Waals surface area contributed by atoms with Gasteiger partial charge < -0.3 is 5.32 Å². The topological polar surface area (TPSA) is 64.0 Å². The van der Waals surface area contributed by atoms with Gasteiger partial charge in [-0.1, -0.05) is 37.7 Å². The van der Waals surface area contributed by atoms with Gasteiger partial charge in [-0.25, -0.2) is 4.98 Å². The molecule has 0 aliphatic rings. The summed E-state index contributed by atoms with van der Waals surface area (Å²) >= 11 is 2.38. The Morgan fingerprint density at radius 1 is 1.27 bits per heavy atom. The number of thioether (sulfide) groups is 1. The van der Waals surface area contributed by atoms with E-state index in [9.17, 15) is 22.8 Å². The average molecular weight is 456 g/mol. The predicted molar refractivity (Wildman–Crippen MR) is 114 cm³/mol. The Hall–Kier alpha value is -2.33. The second-order valence-corrected chi connectivity index (χ2v) is 8.92. The van der Waals surface area contributed by atoms with Gasteiger partial charge in [0.15, 0.2) is 5.16 Å². The zero-order valence-corrected chi connectivity index (χ0v) is 18.1. The SMILES string of the molecule is CCn1c(SC(C(=O)Nc2ccccc2C(F)(F)F)C(C)C)nc2ccsc2c1=O. The van der Waals surface area contributed by atoms with Gasteiger partial charge in [-0.15, -0.1) is 11.3 Å². The summed E-state index contributed by atoms with van der Waals surface area (Å²) in [5.41, 5.74) is -0.850. The van der Waals surface area contributed by atoms with Crippen molar-refractivity contribution in [2.24, 2.45) is 5.92 Å². The lowest BCUT2D eigenvalue weighted by atomic mass is 10.1. The van der Waals surface area contributed by atoms with Gasteiger partial charge >= 0.3 is 6.18 Å². The second kappa shape index (κ2) is 8.81. The second-order valence-electron chi connectivity index (χ2n) is 6.89. The number of benzene rings is 1. The van der Waals surface area contributed by atoms with Gasteiger partial charge in [-0.3, -0.25) is 14.2 Å². The molecule has 2 aromatic heterocycles. The van der Waals surface area contributed by atoms with Crippen LogP contribution in [0.25, 0.3) is 10.2 Å². The molecular weight excluding hydrogens is 435 g/mol. The highest BCUT2D eigenvalue weighted by Crippen LogP contribution is 2.35. The van der Waals surface area contributed by atoms with E-state index in [-0.39, 0.29) is 17.2 Å². The molecular formula is C20H20F3N3O2S2. The van der Waals surface area contributed by atoms with Crippen LogP contribution in [-0.4, -0.2) is 20.7 Å². The van der Waals surface area contributed by atoms with E-state index in [0.29, 0.717) is 21.9 Å². The van der Waals surface area contributed by atoms with Gasteiger partial charge in [0, 0.05) is 6.54 Å². The Kier molecular flexibility index (Phi) is 6.56. The molecule has 2 heterocycles. The van der Waals surface area contributed by atoms with Crippen molar-refractivity contribution in [3.8, 4) is 0 Å². The van der Waals surface area contributed by atoms with Crippen LogP contribution in [0.4, 0.5) is 18.9 Å². The Bertz CT molecular complexity index is 1120. The molecule has 10 heteroatoms. The molecule has 30 heavy (non-hydrogen) atoms. The number of nitrogens with zero attached hydrogens (tertiary/aromatic N) is 2. The number of carbonyl (C=O) groups is 1. The summed E-state index contributed by atoms with van der Waals surface area (Å²) in [7, 11) is 0. The number of nitrogens with one attached hydrogen (secondary N) is 1. The lowest BCUT2D eigenvalue weighted by Crippen LogP contribution is -2.32. The molecule has 0 fully saturated rings. The number of carbonyl (C=O) groups excluding carboxylic acids is 1. The van der Waals surface area contributed by atoms with E-state index in [1.807, 2.05) is 0 Å². The van der Waals surface area contributed by atoms with E-state index in [2.05, 4.69) is 10.3 Å². The maximum absolute atomic E-state index is 13.3. The van der Waals surface area contributed by atoms with Gasteiger partial charge in [0.25, 0.3) is 5.56 Å². The molecule has 5 nitrogen and oxygen atoms in total. The highest BCUT2D eigenvalue weighted by Gasteiger charge is 2.35. The quantitative estimate of drug-likeness (QED) is 0.407. The average Bonchev–Trinajstić information content (AvgIpc) is 3.14. The fourth-order valence-electron chi connectivity index (χ4n) is 2.94. The number of hydrogen-bond acceptors (Lipinski definition) is 5. The maximum atomic E-state index is 13.3. The van der Waals surface area contributed by atoms with E-state index in [1.54, 1.807) is 32.2 Å². The lowest BCUT2D eigenvalue weighted by Gasteiger charge is -2.22. The van der Waals surface area contributed by atoms with Crippen molar-refractivity contribution in [3.05, 3.63) is 51.6 Å². The third-order valence-corrected chi connectivity index (χ3v) is 6.86. The number of thiophene rings is 1. The molecule has 0 aliphatic heterocycles. The Morgan fingerprint density at radius 2 is 1.97 bits per heavy atom. The molecule has 1 N–H and O–H groups in total. The van der Waals surface area contributed by atoms with Crippen LogP contribution in [0.1, 0.15) is 26.3 Å². The summed E-state index contributed by atoms with van der Waals surface area (Å²) in [6.45, 7) is 5.76. The highest BCUT2D eigenvalue weighted by atomic mass is 32.2. The van der Waals surface area contributed by atoms with Crippen LogP contribution in [0.5, 0.6) is 0 Å². The molecule has 3 rings (SSSR count). The van der Waals surface area contributed by atoms with Gasteiger partial charge in [0.1, 0.15) is 4.70 Å². The summed E-state index contributed by atoms with van der Waals surface area (Å²) in [5.74, 6) is -0.789. The van der Waals surface area contributed by atoms with Gasteiger partial charge in [0.2, 0.25) is 5.91 Å². The summed E-state index contributed by atoms with van der Waals surface area (Å²) in [6, 6.07) is 6.58. The minimum atomic E-state index is -4.58. The predicted octanol–water partition coefficient (Wildman–Crippen LogP) is 5.25. The van der Waals surface area contributed by atoms with Crippen molar-refractivity contribution >= 4 is 44.9 Å². The van der Waals surface area contributed by atoms with E-state index >= 15 is 0 Å². The van der Waals surface area contributed by atoms with Gasteiger partial charge in [-0.2, -0.15) is 13.2 Å². The van der Waals surface area contributed by atoms with Crippen LogP contribution in [0, 0.1) is 5.92 Å². The van der Waals surface area contributed by atoms with Crippen LogP contribution in [-0.2, 0) is 17.5 Å². The molecule has 0 radical (unpaired) electrons. The first-order valence-corrected chi connectivity index (χ1v) is 11.0. The molecule has 1 unspecified atom stereocenters. The lowest BCUT2D eigenvalue weighted by molar-refractivity contribution is -0.137. The van der Waals surface area contributed by atoms with Crippen molar-refractivity contribution < 1.29 is 18.0 Å². The van der Waals surface area contributed by atoms with Gasteiger partial charge in [-0.05, 0) is 36.4 Å². The Balaban J connectivity index is 1.94.